The van der Waals surface area contributed by atoms with Crippen molar-refractivity contribution in [3.63, 3.8) is 0 Å². The number of nitrogens with zero attached hydrogens (tertiary/aromatic N) is 1. The Hall–Kier alpha value is -1.66. The van der Waals surface area contributed by atoms with Gasteiger partial charge in [-0.3, -0.25) is 4.79 Å². The molecule has 0 fully saturated rings. The van der Waals surface area contributed by atoms with E-state index in [1.165, 1.54) is 12.1 Å². The van der Waals surface area contributed by atoms with E-state index in [4.69, 9.17) is 21.2 Å². The minimum absolute atomic E-state index is 0.146. The highest BCUT2D eigenvalue weighted by Crippen LogP contribution is 2.25. The Kier molecular flexibility index (Phi) is 5.14. The highest BCUT2D eigenvalue weighted by Gasteiger charge is 2.31. The largest absolute Gasteiger partial charge is 0.383 e. The molecule has 0 unspecified atom stereocenters. The van der Waals surface area contributed by atoms with Crippen molar-refractivity contribution in [2.45, 2.75) is 25.5 Å². The zero-order valence-electron chi connectivity index (χ0n) is 11.7. The minimum Gasteiger partial charge on any atom is -0.383 e. The number of hydrogen-bond acceptors (Lipinski definition) is 4. The van der Waals surface area contributed by atoms with Gasteiger partial charge in [0.2, 0.25) is 6.10 Å². The quantitative estimate of drug-likeness (QED) is 0.905. The number of ether oxygens (including phenoxy) is 1. The highest BCUT2D eigenvalue weighted by molar-refractivity contribution is 6.34. The second-order valence-electron chi connectivity index (χ2n) is 4.80. The molecule has 1 N–H and O–H groups in total. The minimum atomic E-state index is -0.782. The average molecular weight is 315 g/mol. The Morgan fingerprint density at radius 1 is 1.67 bits per heavy atom. The number of methoxy groups -OCH3 is 1. The number of nitrogens with one attached hydrogen (secondary N) is 1. The monoisotopic (exact) mass is 314 g/mol. The van der Waals surface area contributed by atoms with E-state index in [0.29, 0.717) is 12.3 Å². The smallest absolute Gasteiger partial charge is 0.264 e. The summed E-state index contributed by atoms with van der Waals surface area (Å²) < 4.78 is 18.7. The molecule has 1 heterocycles. The van der Waals surface area contributed by atoms with E-state index in [0.717, 1.165) is 0 Å². The molecule has 0 saturated heterocycles. The zero-order chi connectivity index (χ0) is 15.4. The highest BCUT2D eigenvalue weighted by atomic mass is 35.5. The molecular formula is C14H16ClFN2O3. The molecule has 0 radical (unpaired) electrons. The van der Waals surface area contributed by atoms with Crippen molar-refractivity contribution >= 4 is 23.2 Å². The van der Waals surface area contributed by atoms with Crippen LogP contribution in [0.2, 0.25) is 5.02 Å². The van der Waals surface area contributed by atoms with Gasteiger partial charge in [0.25, 0.3) is 5.91 Å². The summed E-state index contributed by atoms with van der Waals surface area (Å²) in [6.07, 6.45) is -0.610. The van der Waals surface area contributed by atoms with Crippen LogP contribution in [0.4, 0.5) is 4.39 Å². The third-order valence-corrected chi connectivity index (χ3v) is 3.33. The van der Waals surface area contributed by atoms with Crippen LogP contribution in [0.5, 0.6) is 0 Å². The van der Waals surface area contributed by atoms with E-state index >= 15 is 0 Å². The zero-order valence-corrected chi connectivity index (χ0v) is 12.5. The molecule has 1 aliphatic heterocycles. The molecule has 1 aliphatic rings. The summed E-state index contributed by atoms with van der Waals surface area (Å²) in [5.74, 6) is -0.801. The van der Waals surface area contributed by atoms with Crippen LogP contribution in [0, 0.1) is 5.82 Å². The molecule has 0 spiro atoms. The van der Waals surface area contributed by atoms with Crippen molar-refractivity contribution < 1.29 is 18.8 Å². The molecule has 2 rings (SSSR count). The van der Waals surface area contributed by atoms with Crippen LogP contribution >= 0.6 is 11.6 Å². The first kappa shape index (κ1) is 15.7. The van der Waals surface area contributed by atoms with Crippen molar-refractivity contribution in [3.05, 3.63) is 34.6 Å². The fourth-order valence-electron chi connectivity index (χ4n) is 2.07. The summed E-state index contributed by atoms with van der Waals surface area (Å²) in [6, 6.07) is 4.22. The molecule has 0 bridgehead atoms. The van der Waals surface area contributed by atoms with Gasteiger partial charge in [0, 0.05) is 19.6 Å². The van der Waals surface area contributed by atoms with E-state index < -0.39 is 11.9 Å². The molecule has 114 valence electrons. The Labute approximate surface area is 127 Å². The number of oxime groups is 1. The number of amides is 1. The van der Waals surface area contributed by atoms with Crippen LogP contribution in [-0.2, 0) is 14.4 Å². The number of hydrogen-bond donors (Lipinski definition) is 1. The lowest BCUT2D eigenvalue weighted by atomic mass is 10.0. The van der Waals surface area contributed by atoms with Crippen molar-refractivity contribution in [3.8, 4) is 0 Å². The van der Waals surface area contributed by atoms with E-state index in [1.807, 2.05) is 6.92 Å². The third kappa shape index (κ3) is 3.71. The van der Waals surface area contributed by atoms with E-state index in [2.05, 4.69) is 10.5 Å². The molecule has 7 heteroatoms. The number of carbonyl (C=O) groups excluding carboxylic acids is 1. The first-order valence-electron chi connectivity index (χ1n) is 6.49. The van der Waals surface area contributed by atoms with Gasteiger partial charge < -0.3 is 14.9 Å². The molecule has 2 atom stereocenters. The average Bonchev–Trinajstić information content (AvgIpc) is 2.88. The van der Waals surface area contributed by atoms with Gasteiger partial charge in [-0.05, 0) is 19.1 Å². The maximum Gasteiger partial charge on any atom is 0.264 e. The molecule has 0 aromatic heterocycles. The van der Waals surface area contributed by atoms with Crippen LogP contribution in [0.15, 0.2) is 23.4 Å². The van der Waals surface area contributed by atoms with Crippen molar-refractivity contribution in [1.29, 1.82) is 0 Å². The first-order chi connectivity index (χ1) is 10.0. The lowest BCUT2D eigenvalue weighted by molar-refractivity contribution is -0.132. The Balaban J connectivity index is 2.01. The maximum atomic E-state index is 13.8. The molecule has 0 saturated carbocycles. The number of carbonyl (C=O) groups is 1. The second kappa shape index (κ2) is 6.87. The molecule has 1 aromatic carbocycles. The lowest BCUT2D eigenvalue weighted by Crippen LogP contribution is -2.42. The molecule has 5 nitrogen and oxygen atoms in total. The Bertz CT molecular complexity index is 545. The van der Waals surface area contributed by atoms with Gasteiger partial charge in [-0.1, -0.05) is 22.8 Å². The van der Waals surface area contributed by atoms with Gasteiger partial charge in [0.15, 0.2) is 0 Å². The molecule has 21 heavy (non-hydrogen) atoms. The van der Waals surface area contributed by atoms with E-state index in [1.54, 1.807) is 13.2 Å². The van der Waals surface area contributed by atoms with Gasteiger partial charge in [-0.2, -0.15) is 0 Å². The van der Waals surface area contributed by atoms with Gasteiger partial charge in [0.05, 0.1) is 22.9 Å². The molecule has 1 aromatic rings. The number of halogens is 2. The normalized spacial score (nSPS) is 18.9. The van der Waals surface area contributed by atoms with Crippen molar-refractivity contribution in [2.24, 2.45) is 5.16 Å². The lowest BCUT2D eigenvalue weighted by Gasteiger charge is -2.15. The SMILES string of the molecule is COC[C@H](C)NC(=O)[C@H]1CC(c2c(F)cccc2Cl)=NO1. The summed E-state index contributed by atoms with van der Waals surface area (Å²) >= 11 is 5.97. The maximum absolute atomic E-state index is 13.8. The number of benzene rings is 1. The fraction of sp³-hybridized carbons (Fsp3) is 0.429. The van der Waals surface area contributed by atoms with Gasteiger partial charge in [0.1, 0.15) is 5.82 Å². The van der Waals surface area contributed by atoms with Gasteiger partial charge in [-0.25, -0.2) is 4.39 Å². The fourth-order valence-corrected chi connectivity index (χ4v) is 2.34. The van der Waals surface area contributed by atoms with Crippen LogP contribution in [0.1, 0.15) is 18.9 Å². The summed E-state index contributed by atoms with van der Waals surface area (Å²) in [5, 5.41) is 6.76. The van der Waals surface area contributed by atoms with E-state index in [-0.39, 0.29) is 29.0 Å². The number of rotatable bonds is 5. The molecule has 0 aliphatic carbocycles. The topological polar surface area (TPSA) is 59.9 Å². The van der Waals surface area contributed by atoms with Crippen LogP contribution < -0.4 is 5.32 Å². The van der Waals surface area contributed by atoms with Crippen LogP contribution in [-0.4, -0.2) is 37.5 Å². The molecule has 1 amide bonds. The summed E-state index contributed by atoms with van der Waals surface area (Å²) in [5.41, 5.74) is 0.511. The van der Waals surface area contributed by atoms with Gasteiger partial charge in [-0.15, -0.1) is 0 Å². The Morgan fingerprint density at radius 2 is 2.43 bits per heavy atom. The standard InChI is InChI=1S/C14H16ClFN2O3/c1-8(7-20-2)17-14(19)12-6-11(18-21-12)13-9(15)4-3-5-10(13)16/h3-5,8,12H,6-7H2,1-2H3,(H,17,19)/t8-,12+/m0/s1. The van der Waals surface area contributed by atoms with Gasteiger partial charge >= 0.3 is 0 Å². The van der Waals surface area contributed by atoms with Crippen molar-refractivity contribution in [2.75, 3.05) is 13.7 Å². The second-order valence-corrected chi connectivity index (χ2v) is 5.20. The van der Waals surface area contributed by atoms with E-state index in [9.17, 15) is 9.18 Å². The summed E-state index contributed by atoms with van der Waals surface area (Å²) in [4.78, 5) is 17.1. The van der Waals surface area contributed by atoms with Crippen molar-refractivity contribution in [1.82, 2.24) is 5.32 Å². The third-order valence-electron chi connectivity index (χ3n) is 3.02. The summed E-state index contributed by atoms with van der Waals surface area (Å²) in [6.45, 7) is 2.21. The predicted molar refractivity (Wildman–Crippen MR) is 76.9 cm³/mol. The molecular weight excluding hydrogens is 299 g/mol. The van der Waals surface area contributed by atoms with Crippen LogP contribution in [0.25, 0.3) is 0 Å². The first-order valence-corrected chi connectivity index (χ1v) is 6.87. The predicted octanol–water partition coefficient (Wildman–Crippen LogP) is 2.12. The van der Waals surface area contributed by atoms with Crippen LogP contribution in [0.3, 0.4) is 0 Å². The summed E-state index contributed by atoms with van der Waals surface area (Å²) in [7, 11) is 1.55. The Morgan fingerprint density at radius 3 is 3.10 bits per heavy atom.